The third kappa shape index (κ3) is 3.85. The fourth-order valence-electron chi connectivity index (χ4n) is 2.72. The van der Waals surface area contributed by atoms with Gasteiger partial charge in [-0.1, -0.05) is 13.8 Å². The maximum absolute atomic E-state index is 12.3. The molecule has 0 aromatic heterocycles. The van der Waals surface area contributed by atoms with E-state index in [1.165, 1.54) is 4.90 Å². The van der Waals surface area contributed by atoms with Crippen LogP contribution in [0.5, 0.6) is 0 Å². The van der Waals surface area contributed by atoms with Crippen molar-refractivity contribution in [3.8, 4) is 0 Å². The summed E-state index contributed by atoms with van der Waals surface area (Å²) in [5, 5.41) is 12.3. The molecule has 0 aromatic carbocycles. The number of carboxylic acid groups (broad SMARTS) is 1. The number of rotatable bonds is 4. The highest BCUT2D eigenvalue weighted by Gasteiger charge is 2.44. The molecule has 19 heavy (non-hydrogen) atoms. The van der Waals surface area contributed by atoms with Gasteiger partial charge in [0.25, 0.3) is 0 Å². The molecule has 1 fully saturated rings. The van der Waals surface area contributed by atoms with Gasteiger partial charge in [-0.15, -0.1) is 0 Å². The van der Waals surface area contributed by atoms with Gasteiger partial charge in [0, 0.05) is 12.6 Å². The molecule has 2 atom stereocenters. The molecule has 0 spiro atoms. The van der Waals surface area contributed by atoms with Gasteiger partial charge in [-0.3, -0.25) is 0 Å². The standard InChI is InChI=1S/C14H26N2O3/c1-10(2)9-11(3)15-13(19)16-8-6-5-7-14(16,4)12(17)18/h10-11H,5-9H2,1-4H3,(H,15,19)(H,17,18). The molecule has 0 bridgehead atoms. The predicted octanol–water partition coefficient (Wildman–Crippen LogP) is 2.46. The molecule has 2 N–H and O–H groups in total. The summed E-state index contributed by atoms with van der Waals surface area (Å²) < 4.78 is 0. The van der Waals surface area contributed by atoms with E-state index in [2.05, 4.69) is 19.2 Å². The van der Waals surface area contributed by atoms with Gasteiger partial charge in [0.15, 0.2) is 0 Å². The summed E-state index contributed by atoms with van der Waals surface area (Å²) in [5.41, 5.74) is -1.07. The summed E-state index contributed by atoms with van der Waals surface area (Å²) >= 11 is 0. The van der Waals surface area contributed by atoms with Crippen LogP contribution in [0.15, 0.2) is 0 Å². The molecule has 0 saturated carbocycles. The first-order chi connectivity index (χ1) is 8.77. The summed E-state index contributed by atoms with van der Waals surface area (Å²) in [6.07, 6.45) is 3.14. The highest BCUT2D eigenvalue weighted by atomic mass is 16.4. The summed E-state index contributed by atoms with van der Waals surface area (Å²) in [4.78, 5) is 25.2. The van der Waals surface area contributed by atoms with Crippen LogP contribution >= 0.6 is 0 Å². The van der Waals surface area contributed by atoms with Gasteiger partial charge in [-0.05, 0) is 45.4 Å². The summed E-state index contributed by atoms with van der Waals surface area (Å²) in [6.45, 7) is 8.32. The van der Waals surface area contributed by atoms with E-state index in [4.69, 9.17) is 0 Å². The minimum absolute atomic E-state index is 0.0625. The molecule has 5 heteroatoms. The third-order valence-electron chi connectivity index (χ3n) is 3.79. The highest BCUT2D eigenvalue weighted by Crippen LogP contribution is 2.28. The zero-order valence-corrected chi connectivity index (χ0v) is 12.4. The average Bonchev–Trinajstić information content (AvgIpc) is 2.27. The van der Waals surface area contributed by atoms with Crippen LogP contribution in [-0.4, -0.2) is 40.1 Å². The van der Waals surface area contributed by atoms with Crippen LogP contribution in [-0.2, 0) is 4.79 Å². The number of piperidine rings is 1. The topological polar surface area (TPSA) is 69.6 Å². The lowest BCUT2D eigenvalue weighted by Gasteiger charge is -2.42. The van der Waals surface area contributed by atoms with Gasteiger partial charge in [-0.2, -0.15) is 0 Å². The molecule has 2 amide bonds. The SMILES string of the molecule is CC(C)CC(C)NC(=O)N1CCCCC1(C)C(=O)O. The number of carbonyl (C=O) groups excluding carboxylic acids is 1. The first-order valence-corrected chi connectivity index (χ1v) is 7.09. The van der Waals surface area contributed by atoms with E-state index >= 15 is 0 Å². The quantitative estimate of drug-likeness (QED) is 0.824. The highest BCUT2D eigenvalue weighted by molar-refractivity contribution is 5.86. The fraction of sp³-hybridized carbons (Fsp3) is 0.857. The Kier molecular flexibility index (Phi) is 5.20. The van der Waals surface area contributed by atoms with Crippen LogP contribution < -0.4 is 5.32 Å². The number of amides is 2. The first-order valence-electron chi connectivity index (χ1n) is 7.09. The van der Waals surface area contributed by atoms with Gasteiger partial charge in [0.1, 0.15) is 5.54 Å². The van der Waals surface area contributed by atoms with Crippen molar-refractivity contribution in [1.82, 2.24) is 10.2 Å². The van der Waals surface area contributed by atoms with Crippen molar-refractivity contribution in [2.75, 3.05) is 6.54 Å². The number of likely N-dealkylation sites (tertiary alicyclic amines) is 1. The number of hydrogen-bond acceptors (Lipinski definition) is 2. The van der Waals surface area contributed by atoms with Crippen molar-refractivity contribution in [3.63, 3.8) is 0 Å². The molecule has 1 rings (SSSR count). The Morgan fingerprint density at radius 1 is 1.32 bits per heavy atom. The Hall–Kier alpha value is -1.26. The van der Waals surface area contributed by atoms with Crippen molar-refractivity contribution in [3.05, 3.63) is 0 Å². The molecule has 0 radical (unpaired) electrons. The van der Waals surface area contributed by atoms with Crippen molar-refractivity contribution in [2.45, 2.75) is 65.0 Å². The number of carboxylic acids is 1. The number of nitrogens with zero attached hydrogens (tertiary/aromatic N) is 1. The second-order valence-corrected chi connectivity index (χ2v) is 6.17. The number of nitrogens with one attached hydrogen (secondary N) is 1. The second kappa shape index (κ2) is 6.26. The number of aliphatic carboxylic acids is 1. The molecule has 1 aliphatic heterocycles. The molecule has 2 unspecified atom stereocenters. The number of hydrogen-bond donors (Lipinski definition) is 2. The van der Waals surface area contributed by atoms with Gasteiger partial charge in [-0.25, -0.2) is 9.59 Å². The van der Waals surface area contributed by atoms with E-state index in [0.717, 1.165) is 19.3 Å². The number of carbonyl (C=O) groups is 2. The van der Waals surface area contributed by atoms with E-state index in [9.17, 15) is 14.7 Å². The predicted molar refractivity (Wildman–Crippen MR) is 74.0 cm³/mol. The Balaban J connectivity index is 2.70. The third-order valence-corrected chi connectivity index (χ3v) is 3.79. The van der Waals surface area contributed by atoms with Crippen LogP contribution in [0.1, 0.15) is 53.4 Å². The van der Waals surface area contributed by atoms with Crippen LogP contribution in [0, 0.1) is 5.92 Å². The summed E-state index contributed by atoms with van der Waals surface area (Å²) in [7, 11) is 0. The largest absolute Gasteiger partial charge is 0.480 e. The van der Waals surface area contributed by atoms with Crippen LogP contribution in [0.25, 0.3) is 0 Å². The van der Waals surface area contributed by atoms with Crippen molar-refractivity contribution >= 4 is 12.0 Å². The molecule has 0 aliphatic carbocycles. The van der Waals surface area contributed by atoms with Gasteiger partial charge in [0.2, 0.25) is 0 Å². The van der Waals surface area contributed by atoms with Crippen molar-refractivity contribution < 1.29 is 14.7 Å². The van der Waals surface area contributed by atoms with Gasteiger partial charge >= 0.3 is 12.0 Å². The monoisotopic (exact) mass is 270 g/mol. The lowest BCUT2D eigenvalue weighted by molar-refractivity contribution is -0.150. The molecule has 1 saturated heterocycles. The van der Waals surface area contributed by atoms with Gasteiger partial charge in [0.05, 0.1) is 0 Å². The van der Waals surface area contributed by atoms with Gasteiger partial charge < -0.3 is 15.3 Å². The Labute approximate surface area is 115 Å². The lowest BCUT2D eigenvalue weighted by Crippen LogP contribution is -2.60. The Bertz CT molecular complexity index is 344. The molecule has 110 valence electrons. The lowest BCUT2D eigenvalue weighted by atomic mass is 9.89. The first kappa shape index (κ1) is 15.8. The maximum atomic E-state index is 12.3. The molecular formula is C14H26N2O3. The van der Waals surface area contributed by atoms with E-state index in [1.54, 1.807) is 6.92 Å². The van der Waals surface area contributed by atoms with E-state index in [1.807, 2.05) is 6.92 Å². The molecule has 1 heterocycles. The minimum Gasteiger partial charge on any atom is -0.480 e. The fourth-order valence-corrected chi connectivity index (χ4v) is 2.72. The second-order valence-electron chi connectivity index (χ2n) is 6.17. The summed E-state index contributed by atoms with van der Waals surface area (Å²) in [5.74, 6) is -0.415. The summed E-state index contributed by atoms with van der Waals surface area (Å²) in [6, 6.07) is -0.190. The zero-order valence-electron chi connectivity index (χ0n) is 12.4. The smallest absolute Gasteiger partial charge is 0.329 e. The molecular weight excluding hydrogens is 244 g/mol. The van der Waals surface area contributed by atoms with E-state index < -0.39 is 11.5 Å². The van der Waals surface area contributed by atoms with E-state index in [-0.39, 0.29) is 12.1 Å². The Morgan fingerprint density at radius 2 is 1.95 bits per heavy atom. The molecule has 5 nitrogen and oxygen atoms in total. The zero-order chi connectivity index (χ0) is 14.6. The number of urea groups is 1. The minimum atomic E-state index is -1.07. The van der Waals surface area contributed by atoms with Crippen LogP contribution in [0.3, 0.4) is 0 Å². The van der Waals surface area contributed by atoms with Crippen molar-refractivity contribution in [1.29, 1.82) is 0 Å². The van der Waals surface area contributed by atoms with Crippen LogP contribution in [0.4, 0.5) is 4.79 Å². The van der Waals surface area contributed by atoms with Crippen molar-refractivity contribution in [2.24, 2.45) is 5.92 Å². The van der Waals surface area contributed by atoms with E-state index in [0.29, 0.717) is 18.9 Å². The Morgan fingerprint density at radius 3 is 2.47 bits per heavy atom. The van der Waals surface area contributed by atoms with Crippen LogP contribution in [0.2, 0.25) is 0 Å². The maximum Gasteiger partial charge on any atom is 0.329 e. The molecule has 0 aromatic rings. The average molecular weight is 270 g/mol. The normalized spacial score (nSPS) is 25.2. The molecule has 1 aliphatic rings.